The molecular formula is C5H10BrN. The lowest BCUT2D eigenvalue weighted by atomic mass is 10.2. The zero-order chi connectivity index (χ0) is 5.11. The molecule has 0 aromatic carbocycles. The van der Waals surface area contributed by atoms with Crippen molar-refractivity contribution in [1.82, 2.24) is 5.32 Å². The highest BCUT2D eigenvalue weighted by Gasteiger charge is 2.11. The fourth-order valence-corrected chi connectivity index (χ4v) is 1.40. The first-order valence-electron chi connectivity index (χ1n) is 2.70. The maximum absolute atomic E-state index is 3.44. The molecule has 0 saturated carbocycles. The first-order chi connectivity index (χ1) is 3.43. The lowest BCUT2D eigenvalue weighted by Gasteiger charge is -1.97. The van der Waals surface area contributed by atoms with Gasteiger partial charge < -0.3 is 5.32 Å². The highest BCUT2D eigenvalue weighted by atomic mass is 79.9. The van der Waals surface area contributed by atoms with Crippen LogP contribution in [0, 0.1) is 5.92 Å². The Morgan fingerprint density at radius 2 is 2.57 bits per heavy atom. The molecule has 7 heavy (non-hydrogen) atoms. The molecular weight excluding hydrogens is 154 g/mol. The second-order valence-electron chi connectivity index (χ2n) is 2.01. The summed E-state index contributed by atoms with van der Waals surface area (Å²) in [7, 11) is 0. The van der Waals surface area contributed by atoms with Gasteiger partial charge in [0.25, 0.3) is 0 Å². The third-order valence-corrected chi connectivity index (χ3v) is 2.30. The molecule has 1 N–H and O–H groups in total. The second-order valence-corrected chi connectivity index (χ2v) is 2.66. The monoisotopic (exact) mass is 163 g/mol. The van der Waals surface area contributed by atoms with Gasteiger partial charge in [0.15, 0.2) is 0 Å². The smallest absolute Gasteiger partial charge is 0.00722 e. The van der Waals surface area contributed by atoms with Crippen LogP contribution in [0.4, 0.5) is 0 Å². The molecule has 1 fully saturated rings. The maximum Gasteiger partial charge on any atom is 0.00722 e. The summed E-state index contributed by atoms with van der Waals surface area (Å²) in [5.74, 6) is 0.903. The van der Waals surface area contributed by atoms with Crippen molar-refractivity contribution in [2.24, 2.45) is 5.92 Å². The van der Waals surface area contributed by atoms with Gasteiger partial charge in [-0.05, 0) is 25.4 Å². The first-order valence-corrected chi connectivity index (χ1v) is 3.82. The third kappa shape index (κ3) is 1.42. The van der Waals surface area contributed by atoms with Gasteiger partial charge in [-0.1, -0.05) is 15.9 Å². The largest absolute Gasteiger partial charge is 0.316 e. The molecule has 0 aliphatic carbocycles. The van der Waals surface area contributed by atoms with Crippen LogP contribution in [-0.2, 0) is 0 Å². The van der Waals surface area contributed by atoms with Crippen LogP contribution in [0.2, 0.25) is 0 Å². The Morgan fingerprint density at radius 3 is 2.86 bits per heavy atom. The zero-order valence-corrected chi connectivity index (χ0v) is 5.87. The van der Waals surface area contributed by atoms with Gasteiger partial charge in [0.1, 0.15) is 0 Å². The predicted molar refractivity (Wildman–Crippen MR) is 34.8 cm³/mol. The molecule has 1 rings (SSSR count). The molecule has 1 saturated heterocycles. The Balaban J connectivity index is 2.14. The quantitative estimate of drug-likeness (QED) is 0.570. The Morgan fingerprint density at radius 1 is 1.71 bits per heavy atom. The normalized spacial score (nSPS) is 31.3. The number of alkyl halides is 1. The van der Waals surface area contributed by atoms with Crippen molar-refractivity contribution in [3.8, 4) is 0 Å². The standard InChI is InChI=1S/C5H10BrN/c6-3-5-1-2-7-4-5/h5,7H,1-4H2. The van der Waals surface area contributed by atoms with Crippen molar-refractivity contribution in [3.63, 3.8) is 0 Å². The van der Waals surface area contributed by atoms with Crippen molar-refractivity contribution in [2.75, 3.05) is 18.4 Å². The summed E-state index contributed by atoms with van der Waals surface area (Å²) in [6.45, 7) is 2.43. The molecule has 2 heteroatoms. The SMILES string of the molecule is BrCC1CCNC1. The lowest BCUT2D eigenvalue weighted by molar-refractivity contribution is 0.667. The number of hydrogen-bond donors (Lipinski definition) is 1. The molecule has 0 aromatic rings. The number of rotatable bonds is 1. The second kappa shape index (κ2) is 2.68. The molecule has 0 spiro atoms. The summed E-state index contributed by atoms with van der Waals surface area (Å²) in [5, 5.41) is 4.46. The molecule has 0 bridgehead atoms. The summed E-state index contributed by atoms with van der Waals surface area (Å²) < 4.78 is 0. The Kier molecular flexibility index (Phi) is 2.13. The van der Waals surface area contributed by atoms with E-state index >= 15 is 0 Å². The highest BCUT2D eigenvalue weighted by Crippen LogP contribution is 2.08. The number of hydrogen-bond acceptors (Lipinski definition) is 1. The molecule has 1 unspecified atom stereocenters. The molecule has 1 atom stereocenters. The summed E-state index contributed by atoms with van der Waals surface area (Å²) in [6.07, 6.45) is 1.35. The summed E-state index contributed by atoms with van der Waals surface area (Å²) in [4.78, 5) is 0. The number of nitrogens with one attached hydrogen (secondary N) is 1. The summed E-state index contributed by atoms with van der Waals surface area (Å²) >= 11 is 3.44. The summed E-state index contributed by atoms with van der Waals surface area (Å²) in [6, 6.07) is 0. The van der Waals surface area contributed by atoms with Crippen LogP contribution < -0.4 is 5.32 Å². The van der Waals surface area contributed by atoms with Crippen LogP contribution in [0.3, 0.4) is 0 Å². The fourth-order valence-electron chi connectivity index (χ4n) is 0.846. The van der Waals surface area contributed by atoms with E-state index in [1.807, 2.05) is 0 Å². The van der Waals surface area contributed by atoms with Crippen LogP contribution >= 0.6 is 15.9 Å². The van der Waals surface area contributed by atoms with Gasteiger partial charge in [-0.2, -0.15) is 0 Å². The van der Waals surface area contributed by atoms with Crippen molar-refractivity contribution >= 4 is 15.9 Å². The number of halogens is 1. The fraction of sp³-hybridized carbons (Fsp3) is 1.00. The van der Waals surface area contributed by atoms with Gasteiger partial charge in [0.2, 0.25) is 0 Å². The topological polar surface area (TPSA) is 12.0 Å². The molecule has 0 radical (unpaired) electrons. The molecule has 1 aliphatic heterocycles. The Hall–Kier alpha value is 0.440. The molecule has 1 nitrogen and oxygen atoms in total. The minimum atomic E-state index is 0.903. The highest BCUT2D eigenvalue weighted by molar-refractivity contribution is 9.09. The van der Waals surface area contributed by atoms with E-state index in [4.69, 9.17) is 0 Å². The van der Waals surface area contributed by atoms with E-state index in [-0.39, 0.29) is 0 Å². The molecule has 1 aliphatic rings. The maximum atomic E-state index is 3.44. The first kappa shape index (κ1) is 5.57. The Bertz CT molecular complexity index is 50.0. The molecule has 0 amide bonds. The van der Waals surface area contributed by atoms with Crippen LogP contribution in [0.15, 0.2) is 0 Å². The van der Waals surface area contributed by atoms with Crippen molar-refractivity contribution in [1.29, 1.82) is 0 Å². The van der Waals surface area contributed by atoms with E-state index in [1.54, 1.807) is 0 Å². The van der Waals surface area contributed by atoms with E-state index in [0.29, 0.717) is 0 Å². The van der Waals surface area contributed by atoms with Crippen molar-refractivity contribution in [3.05, 3.63) is 0 Å². The van der Waals surface area contributed by atoms with E-state index < -0.39 is 0 Å². The molecule has 1 heterocycles. The van der Waals surface area contributed by atoms with Crippen LogP contribution in [0.25, 0.3) is 0 Å². The van der Waals surface area contributed by atoms with Crippen molar-refractivity contribution < 1.29 is 0 Å². The Labute approximate surface area is 52.6 Å². The van der Waals surface area contributed by atoms with Crippen LogP contribution in [-0.4, -0.2) is 18.4 Å². The summed E-state index contributed by atoms with van der Waals surface area (Å²) in [5.41, 5.74) is 0. The average molecular weight is 164 g/mol. The zero-order valence-electron chi connectivity index (χ0n) is 4.28. The third-order valence-electron chi connectivity index (χ3n) is 1.38. The molecule has 0 aromatic heterocycles. The average Bonchev–Trinajstić information content (AvgIpc) is 2.14. The van der Waals surface area contributed by atoms with Gasteiger partial charge in [-0.15, -0.1) is 0 Å². The van der Waals surface area contributed by atoms with Crippen LogP contribution in [0.5, 0.6) is 0 Å². The van der Waals surface area contributed by atoms with Gasteiger partial charge >= 0.3 is 0 Å². The lowest BCUT2D eigenvalue weighted by Crippen LogP contribution is -2.09. The van der Waals surface area contributed by atoms with E-state index in [1.165, 1.54) is 24.8 Å². The van der Waals surface area contributed by atoms with E-state index in [9.17, 15) is 0 Å². The van der Waals surface area contributed by atoms with Crippen LogP contribution in [0.1, 0.15) is 6.42 Å². The van der Waals surface area contributed by atoms with E-state index in [0.717, 1.165) is 5.92 Å². The minimum absolute atomic E-state index is 0.903. The predicted octanol–water partition coefficient (Wildman–Crippen LogP) is 0.991. The van der Waals surface area contributed by atoms with Crippen molar-refractivity contribution in [2.45, 2.75) is 6.42 Å². The minimum Gasteiger partial charge on any atom is -0.316 e. The molecule has 42 valence electrons. The van der Waals surface area contributed by atoms with E-state index in [2.05, 4.69) is 21.2 Å². The van der Waals surface area contributed by atoms with Gasteiger partial charge in [0, 0.05) is 5.33 Å². The van der Waals surface area contributed by atoms with Gasteiger partial charge in [0.05, 0.1) is 0 Å². The van der Waals surface area contributed by atoms with Gasteiger partial charge in [-0.3, -0.25) is 0 Å². The van der Waals surface area contributed by atoms with Gasteiger partial charge in [-0.25, -0.2) is 0 Å².